The monoisotopic (exact) mass is 508 g/mol. The molecule has 1 fully saturated rings. The highest BCUT2D eigenvalue weighted by molar-refractivity contribution is 6.30. The third-order valence-electron chi connectivity index (χ3n) is 7.99. The van der Waals surface area contributed by atoms with Gasteiger partial charge in [0, 0.05) is 10.6 Å². The molecule has 0 nitrogen and oxygen atoms in total. The van der Waals surface area contributed by atoms with Gasteiger partial charge < -0.3 is 0 Å². The number of benzene rings is 3. The van der Waals surface area contributed by atoms with Crippen molar-refractivity contribution in [1.82, 2.24) is 0 Å². The van der Waals surface area contributed by atoms with Crippen molar-refractivity contribution in [1.29, 1.82) is 0 Å². The fraction of sp³-hybridized carbons (Fsp3) is 0.455. The van der Waals surface area contributed by atoms with E-state index in [9.17, 15) is 8.78 Å². The summed E-state index contributed by atoms with van der Waals surface area (Å²) in [5.41, 5.74) is 4.90. The highest BCUT2D eigenvalue weighted by Gasteiger charge is 2.21. The molecule has 0 bridgehead atoms. The summed E-state index contributed by atoms with van der Waals surface area (Å²) >= 11 is 5.92. The van der Waals surface area contributed by atoms with E-state index in [1.165, 1.54) is 56.1 Å². The summed E-state index contributed by atoms with van der Waals surface area (Å²) in [5, 5.41) is 0.668. The van der Waals surface area contributed by atoms with Crippen molar-refractivity contribution in [3.8, 4) is 0 Å². The van der Waals surface area contributed by atoms with Gasteiger partial charge in [-0.2, -0.15) is 0 Å². The summed E-state index contributed by atoms with van der Waals surface area (Å²) in [6.45, 7) is 2.22. The van der Waals surface area contributed by atoms with Crippen LogP contribution in [0.15, 0.2) is 60.7 Å². The van der Waals surface area contributed by atoms with E-state index in [1.54, 1.807) is 12.1 Å². The minimum Gasteiger partial charge on any atom is -0.207 e. The Kier molecular flexibility index (Phi) is 9.98. The maximum Gasteiger partial charge on any atom is 0.129 e. The molecule has 0 amide bonds. The smallest absolute Gasteiger partial charge is 0.129 e. The number of halogens is 3. The van der Waals surface area contributed by atoms with Crippen LogP contribution in [0.5, 0.6) is 0 Å². The molecule has 1 saturated carbocycles. The van der Waals surface area contributed by atoms with E-state index in [-0.39, 0.29) is 5.56 Å². The topological polar surface area (TPSA) is 0 Å². The van der Waals surface area contributed by atoms with Gasteiger partial charge in [-0.1, -0.05) is 87.0 Å². The first kappa shape index (κ1) is 26.9. The van der Waals surface area contributed by atoms with Gasteiger partial charge in [-0.25, -0.2) is 8.78 Å². The third-order valence-corrected chi connectivity index (χ3v) is 8.24. The zero-order chi connectivity index (χ0) is 25.3. The van der Waals surface area contributed by atoms with Crippen LogP contribution >= 0.6 is 11.6 Å². The SMILES string of the molecule is CCCc1ccc(CCC2CCC(CCc3cc(F)c(CCc4ccc(Cl)cc4)c(F)c3)CC2)cc1. The zero-order valence-corrected chi connectivity index (χ0v) is 22.3. The lowest BCUT2D eigenvalue weighted by Gasteiger charge is -2.28. The molecule has 0 atom stereocenters. The third kappa shape index (κ3) is 7.90. The molecule has 0 heterocycles. The van der Waals surface area contributed by atoms with Gasteiger partial charge in [0.25, 0.3) is 0 Å². The second kappa shape index (κ2) is 13.4. The Balaban J connectivity index is 1.19. The maximum absolute atomic E-state index is 14.7. The molecular weight excluding hydrogens is 470 g/mol. The Morgan fingerprint density at radius 2 is 1.06 bits per heavy atom. The van der Waals surface area contributed by atoms with Crippen molar-refractivity contribution in [3.05, 3.63) is 105 Å². The van der Waals surface area contributed by atoms with Crippen molar-refractivity contribution in [2.24, 2.45) is 11.8 Å². The Labute approximate surface area is 221 Å². The van der Waals surface area contributed by atoms with Crippen molar-refractivity contribution >= 4 is 11.6 Å². The molecule has 0 unspecified atom stereocenters. The molecular formula is C33H39ClF2. The van der Waals surface area contributed by atoms with Gasteiger partial charge in [-0.15, -0.1) is 0 Å². The molecule has 3 heteroatoms. The van der Waals surface area contributed by atoms with Crippen molar-refractivity contribution in [3.63, 3.8) is 0 Å². The number of hydrogen-bond acceptors (Lipinski definition) is 0. The van der Waals surface area contributed by atoms with E-state index in [2.05, 4.69) is 31.2 Å². The lowest BCUT2D eigenvalue weighted by atomic mass is 9.77. The van der Waals surface area contributed by atoms with Crippen molar-refractivity contribution in [2.75, 3.05) is 0 Å². The summed E-state index contributed by atoms with van der Waals surface area (Å²) in [6, 6.07) is 19.7. The molecule has 0 aromatic heterocycles. The minimum absolute atomic E-state index is 0.189. The van der Waals surface area contributed by atoms with Gasteiger partial charge in [-0.3, -0.25) is 0 Å². The van der Waals surface area contributed by atoms with Gasteiger partial charge >= 0.3 is 0 Å². The van der Waals surface area contributed by atoms with Gasteiger partial charge in [0.05, 0.1) is 0 Å². The van der Waals surface area contributed by atoms with Crippen LogP contribution in [0.3, 0.4) is 0 Å². The molecule has 0 radical (unpaired) electrons. The lowest BCUT2D eigenvalue weighted by molar-refractivity contribution is 0.253. The zero-order valence-electron chi connectivity index (χ0n) is 21.5. The van der Waals surface area contributed by atoms with Crippen LogP contribution in [0.25, 0.3) is 0 Å². The molecule has 0 N–H and O–H groups in total. The Morgan fingerprint density at radius 3 is 1.58 bits per heavy atom. The van der Waals surface area contributed by atoms with E-state index >= 15 is 0 Å². The van der Waals surface area contributed by atoms with Crippen LogP contribution in [0.4, 0.5) is 8.78 Å². The van der Waals surface area contributed by atoms with Crippen LogP contribution in [0, 0.1) is 23.5 Å². The average molecular weight is 509 g/mol. The van der Waals surface area contributed by atoms with Gasteiger partial charge in [0.2, 0.25) is 0 Å². The predicted octanol–water partition coefficient (Wildman–Crippen LogP) is 9.73. The van der Waals surface area contributed by atoms with Crippen LogP contribution in [-0.4, -0.2) is 0 Å². The van der Waals surface area contributed by atoms with Gasteiger partial charge in [0.1, 0.15) is 11.6 Å². The maximum atomic E-state index is 14.7. The van der Waals surface area contributed by atoms with Gasteiger partial charge in [-0.05, 0) is 103 Å². The molecule has 1 aliphatic rings. The summed E-state index contributed by atoms with van der Waals surface area (Å²) in [7, 11) is 0. The number of aryl methyl sites for hydroxylation is 4. The normalized spacial score (nSPS) is 17.9. The Morgan fingerprint density at radius 1 is 0.611 bits per heavy atom. The molecule has 3 aromatic rings. The summed E-state index contributed by atoms with van der Waals surface area (Å²) in [5.74, 6) is 0.660. The molecule has 0 saturated heterocycles. The first-order valence-corrected chi connectivity index (χ1v) is 14.2. The van der Waals surface area contributed by atoms with E-state index in [1.807, 2.05) is 24.3 Å². The standard InChI is InChI=1S/C33H39ClF2/c1-2-3-24-4-6-25(7-5-24)8-9-26-10-12-27(13-11-26)14-15-29-22-32(35)31(33(36)23-29)21-18-28-16-19-30(34)20-17-28/h4-7,16-17,19-20,22-23,26-27H,2-3,8-15,18,21H2,1H3. The van der Waals surface area contributed by atoms with Crippen molar-refractivity contribution < 1.29 is 8.78 Å². The van der Waals surface area contributed by atoms with Crippen molar-refractivity contribution in [2.45, 2.75) is 84.0 Å². The first-order valence-electron chi connectivity index (χ1n) is 13.8. The lowest BCUT2D eigenvalue weighted by Crippen LogP contribution is -2.16. The summed E-state index contributed by atoms with van der Waals surface area (Å²) < 4.78 is 29.4. The molecule has 0 aliphatic heterocycles. The molecule has 3 aromatic carbocycles. The summed E-state index contributed by atoms with van der Waals surface area (Å²) in [4.78, 5) is 0. The fourth-order valence-corrected chi connectivity index (χ4v) is 5.80. The Bertz CT molecular complexity index is 1060. The van der Waals surface area contributed by atoms with Crippen LogP contribution in [0.1, 0.15) is 79.7 Å². The largest absolute Gasteiger partial charge is 0.207 e. The minimum atomic E-state index is -0.412. The quantitative estimate of drug-likeness (QED) is 0.242. The van der Waals surface area contributed by atoms with E-state index in [0.717, 1.165) is 36.3 Å². The van der Waals surface area contributed by atoms with Crippen LogP contribution < -0.4 is 0 Å². The second-order valence-corrected chi connectivity index (χ2v) is 11.1. The molecule has 36 heavy (non-hydrogen) atoms. The van der Waals surface area contributed by atoms with E-state index in [0.29, 0.717) is 23.8 Å². The van der Waals surface area contributed by atoms with Crippen LogP contribution in [-0.2, 0) is 32.1 Å². The summed E-state index contributed by atoms with van der Waals surface area (Å²) in [6.07, 6.45) is 12.6. The molecule has 192 valence electrons. The fourth-order valence-electron chi connectivity index (χ4n) is 5.67. The predicted molar refractivity (Wildman–Crippen MR) is 148 cm³/mol. The highest BCUT2D eigenvalue weighted by Crippen LogP contribution is 2.34. The van der Waals surface area contributed by atoms with Crippen LogP contribution in [0.2, 0.25) is 5.02 Å². The first-order chi connectivity index (χ1) is 17.5. The number of hydrogen-bond donors (Lipinski definition) is 0. The molecule has 1 aliphatic carbocycles. The van der Waals surface area contributed by atoms with E-state index < -0.39 is 11.6 Å². The average Bonchev–Trinajstić information content (AvgIpc) is 2.88. The number of rotatable bonds is 11. The second-order valence-electron chi connectivity index (χ2n) is 10.7. The molecule has 4 rings (SSSR count). The Hall–Kier alpha value is -2.19. The van der Waals surface area contributed by atoms with E-state index in [4.69, 9.17) is 11.6 Å². The molecule has 0 spiro atoms. The highest BCUT2D eigenvalue weighted by atomic mass is 35.5. The van der Waals surface area contributed by atoms with Gasteiger partial charge in [0.15, 0.2) is 0 Å².